The van der Waals surface area contributed by atoms with E-state index in [1.807, 2.05) is 0 Å². The summed E-state index contributed by atoms with van der Waals surface area (Å²) in [5.41, 5.74) is -2.10. The molecule has 0 radical (unpaired) electrons. The van der Waals surface area contributed by atoms with Crippen molar-refractivity contribution in [3.05, 3.63) is 51.8 Å². The van der Waals surface area contributed by atoms with Gasteiger partial charge in [-0.3, -0.25) is 4.79 Å². The molecule has 0 spiro atoms. The summed E-state index contributed by atoms with van der Waals surface area (Å²) in [5, 5.41) is 26.6. The van der Waals surface area contributed by atoms with Crippen molar-refractivity contribution < 1.29 is 19.3 Å². The Labute approximate surface area is 149 Å². The van der Waals surface area contributed by atoms with Gasteiger partial charge in [0, 0.05) is 24.8 Å². The molecule has 0 fully saturated rings. The molecular weight excluding hydrogens is 338 g/mol. The second-order valence-electron chi connectivity index (χ2n) is 6.54. The van der Waals surface area contributed by atoms with E-state index in [-0.39, 0.29) is 18.0 Å². The Morgan fingerprint density at radius 1 is 1.38 bits per heavy atom. The van der Waals surface area contributed by atoms with Crippen molar-refractivity contribution in [2.24, 2.45) is 0 Å². The van der Waals surface area contributed by atoms with Crippen LogP contribution in [0.25, 0.3) is 0 Å². The summed E-state index contributed by atoms with van der Waals surface area (Å²) in [6.45, 7) is 3.40. The summed E-state index contributed by atoms with van der Waals surface area (Å²) in [4.78, 5) is 11.2. The van der Waals surface area contributed by atoms with Crippen LogP contribution in [0.1, 0.15) is 31.1 Å². The second-order valence-corrected chi connectivity index (χ2v) is 6.54. The lowest BCUT2D eigenvalue weighted by atomic mass is 9.76. The molecule has 136 valence electrons. The Kier molecular flexibility index (Phi) is 4.44. The number of methoxy groups -OCH3 is 1. The van der Waals surface area contributed by atoms with Crippen LogP contribution in [0.5, 0.6) is 11.6 Å². The molecule has 0 amide bonds. The van der Waals surface area contributed by atoms with Crippen LogP contribution in [-0.2, 0) is 4.74 Å². The zero-order chi connectivity index (χ0) is 18.9. The van der Waals surface area contributed by atoms with Gasteiger partial charge in [-0.25, -0.2) is 5.10 Å². The molecule has 26 heavy (non-hydrogen) atoms. The Balaban J connectivity index is 2.12. The predicted molar refractivity (Wildman–Crippen MR) is 90.9 cm³/mol. The van der Waals surface area contributed by atoms with Gasteiger partial charge < -0.3 is 19.3 Å². The lowest BCUT2D eigenvalue weighted by Crippen LogP contribution is -2.63. The van der Waals surface area contributed by atoms with Crippen LogP contribution in [0.2, 0.25) is 0 Å². The van der Waals surface area contributed by atoms with E-state index in [2.05, 4.69) is 16.3 Å². The summed E-state index contributed by atoms with van der Waals surface area (Å²) < 4.78 is 17.2. The van der Waals surface area contributed by atoms with Gasteiger partial charge in [-0.1, -0.05) is 0 Å². The summed E-state index contributed by atoms with van der Waals surface area (Å²) in [6.07, 6.45) is -0.905. The average molecular weight is 357 g/mol. The molecule has 1 aromatic carbocycles. The number of rotatable bonds is 4. The maximum atomic E-state index is 11.3. The Morgan fingerprint density at radius 3 is 2.77 bits per heavy atom. The van der Waals surface area contributed by atoms with Crippen molar-refractivity contribution >= 4 is 0 Å². The van der Waals surface area contributed by atoms with Crippen molar-refractivity contribution in [1.82, 2.24) is 10.2 Å². The minimum atomic E-state index is -1.53. The van der Waals surface area contributed by atoms with Gasteiger partial charge in [0.25, 0.3) is 5.56 Å². The Hall–Kier alpha value is -2.89. The maximum Gasteiger partial charge on any atom is 0.264 e. The topological polar surface area (TPSA) is 117 Å². The number of hydrogen-bond donors (Lipinski definition) is 2. The van der Waals surface area contributed by atoms with Gasteiger partial charge in [-0.05, 0) is 32.0 Å². The van der Waals surface area contributed by atoms with Crippen LogP contribution in [0.4, 0.5) is 0 Å². The molecule has 1 aromatic heterocycles. The third-order valence-corrected chi connectivity index (χ3v) is 4.65. The van der Waals surface area contributed by atoms with Crippen molar-refractivity contribution in [2.45, 2.75) is 31.2 Å². The van der Waals surface area contributed by atoms with E-state index in [1.54, 1.807) is 32.0 Å². The number of H-pyrrole nitrogens is 1. The number of nitriles is 1. The number of fused-ring (bicyclic) bond motifs is 1. The summed E-state index contributed by atoms with van der Waals surface area (Å²) in [6, 6.07) is 9.64. The summed E-state index contributed by atoms with van der Waals surface area (Å²) >= 11 is 0. The lowest BCUT2D eigenvalue weighted by Gasteiger charge is -2.50. The molecule has 0 saturated carbocycles. The molecule has 3 atom stereocenters. The van der Waals surface area contributed by atoms with Crippen molar-refractivity contribution in [3.63, 3.8) is 0 Å². The van der Waals surface area contributed by atoms with Crippen LogP contribution < -0.4 is 15.0 Å². The monoisotopic (exact) mass is 357 g/mol. The van der Waals surface area contributed by atoms with Gasteiger partial charge in [0.1, 0.15) is 11.4 Å². The molecule has 8 nitrogen and oxygen atoms in total. The smallest absolute Gasteiger partial charge is 0.264 e. The quantitative estimate of drug-likeness (QED) is 0.847. The molecule has 3 unspecified atom stereocenters. The van der Waals surface area contributed by atoms with Gasteiger partial charge >= 0.3 is 0 Å². The van der Waals surface area contributed by atoms with E-state index >= 15 is 0 Å². The van der Waals surface area contributed by atoms with Crippen molar-refractivity contribution in [2.75, 3.05) is 13.7 Å². The summed E-state index contributed by atoms with van der Waals surface area (Å²) in [5.74, 6) is 0.606. The first-order valence-corrected chi connectivity index (χ1v) is 7.97. The van der Waals surface area contributed by atoms with E-state index in [0.717, 1.165) is 0 Å². The number of hydrogen-bond acceptors (Lipinski definition) is 7. The molecule has 1 aliphatic heterocycles. The number of ether oxygens (including phenoxy) is 3. The average Bonchev–Trinajstić information content (AvgIpc) is 2.61. The number of nitrogens with zero attached hydrogens (tertiary/aromatic N) is 2. The largest absolute Gasteiger partial charge is 0.482 e. The third kappa shape index (κ3) is 2.92. The lowest BCUT2D eigenvalue weighted by molar-refractivity contribution is -0.200. The minimum Gasteiger partial charge on any atom is -0.482 e. The van der Waals surface area contributed by atoms with E-state index in [9.17, 15) is 15.2 Å². The fourth-order valence-electron chi connectivity index (χ4n) is 2.99. The van der Waals surface area contributed by atoms with Gasteiger partial charge in [0.2, 0.25) is 5.88 Å². The molecule has 8 heteroatoms. The number of aliphatic hydroxyl groups is 1. The molecule has 1 aliphatic rings. The first kappa shape index (κ1) is 17.9. The first-order valence-electron chi connectivity index (χ1n) is 7.97. The van der Waals surface area contributed by atoms with Gasteiger partial charge in [0.05, 0.1) is 18.2 Å². The zero-order valence-electron chi connectivity index (χ0n) is 14.6. The molecule has 3 rings (SSSR count). The molecule has 2 heterocycles. The number of aromatic amines is 1. The fraction of sp³-hybridized carbons (Fsp3) is 0.389. The van der Waals surface area contributed by atoms with E-state index in [4.69, 9.17) is 14.2 Å². The second kappa shape index (κ2) is 6.44. The molecule has 0 bridgehead atoms. The van der Waals surface area contributed by atoms with E-state index in [1.165, 1.54) is 19.2 Å². The van der Waals surface area contributed by atoms with Crippen LogP contribution in [0, 0.1) is 11.3 Å². The number of benzene rings is 1. The highest BCUT2D eigenvalue weighted by Crippen LogP contribution is 2.48. The van der Waals surface area contributed by atoms with Crippen molar-refractivity contribution in [1.29, 1.82) is 5.26 Å². The maximum absolute atomic E-state index is 11.3. The van der Waals surface area contributed by atoms with Gasteiger partial charge in [0.15, 0.2) is 11.7 Å². The summed E-state index contributed by atoms with van der Waals surface area (Å²) in [7, 11) is 1.51. The van der Waals surface area contributed by atoms with Crippen LogP contribution in [0.3, 0.4) is 0 Å². The highest BCUT2D eigenvalue weighted by atomic mass is 16.6. The van der Waals surface area contributed by atoms with Crippen LogP contribution >= 0.6 is 0 Å². The fourth-order valence-corrected chi connectivity index (χ4v) is 2.99. The predicted octanol–water partition coefficient (Wildman–Crippen LogP) is 1.31. The molecule has 0 aliphatic carbocycles. The standard InChI is InChI=1S/C18H19N3O5/c1-17(10-24-3)18(2,23)16(25-15-7-6-14(22)20-21-15)12-8-11(9-19)4-5-13(12)26-17/h4-8,16,23H,10H2,1-3H3,(H,20,22). The third-order valence-electron chi connectivity index (χ3n) is 4.65. The van der Waals surface area contributed by atoms with Crippen LogP contribution in [-0.4, -0.2) is 40.2 Å². The first-order chi connectivity index (χ1) is 12.3. The number of nitrogens with one attached hydrogen (secondary N) is 1. The molecular formula is C18H19N3O5. The Bertz CT molecular complexity index is 897. The highest BCUT2D eigenvalue weighted by Gasteiger charge is 2.57. The van der Waals surface area contributed by atoms with E-state index in [0.29, 0.717) is 16.9 Å². The Morgan fingerprint density at radius 2 is 2.15 bits per heavy atom. The molecule has 2 N–H and O–H groups in total. The minimum absolute atomic E-state index is 0.109. The normalized spacial score (nSPS) is 27.1. The van der Waals surface area contributed by atoms with E-state index < -0.39 is 17.3 Å². The zero-order valence-corrected chi connectivity index (χ0v) is 14.6. The molecule has 2 aromatic rings. The van der Waals surface area contributed by atoms with Gasteiger partial charge in [-0.15, -0.1) is 5.10 Å². The van der Waals surface area contributed by atoms with Crippen molar-refractivity contribution in [3.8, 4) is 17.7 Å². The molecule has 0 saturated heterocycles. The highest BCUT2D eigenvalue weighted by molar-refractivity contribution is 5.47. The van der Waals surface area contributed by atoms with Gasteiger partial charge in [-0.2, -0.15) is 5.26 Å². The van der Waals surface area contributed by atoms with Crippen LogP contribution in [0.15, 0.2) is 35.1 Å². The SMILES string of the molecule is COCC1(C)Oc2ccc(C#N)cc2C(Oc2ccc(=O)[nH]n2)C1(C)O. The number of aromatic nitrogens is 2.